The Balaban J connectivity index is 1.71. The largest absolute Gasteiger partial charge is 0.334 e. The highest BCUT2D eigenvalue weighted by atomic mass is 32.2. The summed E-state index contributed by atoms with van der Waals surface area (Å²) < 4.78 is 28.0. The Bertz CT molecular complexity index is 974. The summed E-state index contributed by atoms with van der Waals surface area (Å²) in [5.41, 5.74) is 1.64. The summed E-state index contributed by atoms with van der Waals surface area (Å²) >= 11 is 0. The van der Waals surface area contributed by atoms with Gasteiger partial charge in [0.2, 0.25) is 10.0 Å². The van der Waals surface area contributed by atoms with E-state index >= 15 is 0 Å². The number of sulfonamides is 1. The lowest BCUT2D eigenvalue weighted by Gasteiger charge is -2.34. The third-order valence-electron chi connectivity index (χ3n) is 5.65. The molecule has 0 spiro atoms. The molecule has 31 heavy (non-hydrogen) atoms. The molecule has 0 saturated carbocycles. The van der Waals surface area contributed by atoms with Crippen molar-refractivity contribution < 1.29 is 13.2 Å². The van der Waals surface area contributed by atoms with Crippen molar-refractivity contribution in [3.63, 3.8) is 0 Å². The molecule has 3 rings (SSSR count). The molecule has 2 aromatic carbocycles. The molecule has 0 atom stereocenters. The van der Waals surface area contributed by atoms with Crippen molar-refractivity contribution in [2.45, 2.75) is 51.2 Å². The number of carbonyl (C=O) groups excluding carboxylic acids is 1. The fourth-order valence-electron chi connectivity index (χ4n) is 4.12. The van der Waals surface area contributed by atoms with Crippen molar-refractivity contribution in [1.29, 1.82) is 0 Å². The van der Waals surface area contributed by atoms with E-state index in [0.29, 0.717) is 31.7 Å². The van der Waals surface area contributed by atoms with Crippen molar-refractivity contribution in [2.75, 3.05) is 26.2 Å². The number of benzene rings is 2. The predicted molar refractivity (Wildman–Crippen MR) is 123 cm³/mol. The summed E-state index contributed by atoms with van der Waals surface area (Å²) in [6.45, 7) is 10.9. The van der Waals surface area contributed by atoms with Crippen LogP contribution in [0.3, 0.4) is 0 Å². The molecule has 0 aliphatic carbocycles. The minimum absolute atomic E-state index is 0.0328. The minimum atomic E-state index is -3.64. The Morgan fingerprint density at radius 1 is 0.903 bits per heavy atom. The van der Waals surface area contributed by atoms with E-state index in [4.69, 9.17) is 0 Å². The molecular weight excluding hydrogens is 410 g/mol. The van der Waals surface area contributed by atoms with Gasteiger partial charge in [0.15, 0.2) is 0 Å². The summed E-state index contributed by atoms with van der Waals surface area (Å²) in [7, 11) is -3.64. The van der Waals surface area contributed by atoms with E-state index in [2.05, 4.69) is 17.0 Å². The SMILES string of the molecule is CC(C)N(C(=O)c1cccc(S(=O)(=O)N2CCN(Cc3ccccc3)CC2)c1)C(C)C. The third-order valence-corrected chi connectivity index (χ3v) is 7.54. The van der Waals surface area contributed by atoms with Gasteiger partial charge in [0.25, 0.3) is 5.91 Å². The number of hydrogen-bond donors (Lipinski definition) is 0. The lowest BCUT2D eigenvalue weighted by molar-refractivity contribution is 0.0643. The van der Waals surface area contributed by atoms with Crippen molar-refractivity contribution in [1.82, 2.24) is 14.1 Å². The highest BCUT2D eigenvalue weighted by molar-refractivity contribution is 7.89. The number of rotatable bonds is 7. The second-order valence-electron chi connectivity index (χ2n) is 8.59. The molecule has 0 aromatic heterocycles. The van der Waals surface area contributed by atoms with Gasteiger partial charge >= 0.3 is 0 Å². The zero-order chi connectivity index (χ0) is 22.6. The number of nitrogens with zero attached hydrogens (tertiary/aromatic N) is 3. The Morgan fingerprint density at radius 2 is 1.52 bits per heavy atom. The molecule has 0 N–H and O–H groups in total. The topological polar surface area (TPSA) is 60.9 Å². The van der Waals surface area contributed by atoms with E-state index < -0.39 is 10.0 Å². The van der Waals surface area contributed by atoms with E-state index in [1.165, 1.54) is 15.9 Å². The van der Waals surface area contributed by atoms with Gasteiger partial charge in [-0.15, -0.1) is 0 Å². The first-order valence-electron chi connectivity index (χ1n) is 10.9. The molecule has 1 aliphatic rings. The molecule has 1 aliphatic heterocycles. The van der Waals surface area contributed by atoms with Crippen LogP contribution in [0.5, 0.6) is 0 Å². The minimum Gasteiger partial charge on any atom is -0.334 e. The van der Waals surface area contributed by atoms with Gasteiger partial charge in [0, 0.05) is 50.4 Å². The van der Waals surface area contributed by atoms with Crippen molar-refractivity contribution in [3.05, 3.63) is 65.7 Å². The Labute approximate surface area is 186 Å². The first-order valence-corrected chi connectivity index (χ1v) is 12.3. The van der Waals surface area contributed by atoms with E-state index in [9.17, 15) is 13.2 Å². The number of hydrogen-bond acceptors (Lipinski definition) is 4. The molecule has 7 heteroatoms. The van der Waals surface area contributed by atoms with Crippen LogP contribution in [0.1, 0.15) is 43.6 Å². The molecule has 0 bridgehead atoms. The molecule has 0 radical (unpaired) electrons. The molecule has 2 aromatic rings. The molecule has 168 valence electrons. The maximum atomic E-state index is 13.2. The van der Waals surface area contributed by atoms with Crippen LogP contribution in [0.4, 0.5) is 0 Å². The Hall–Kier alpha value is -2.22. The average Bonchev–Trinajstić information content (AvgIpc) is 2.74. The van der Waals surface area contributed by atoms with Gasteiger partial charge in [0.1, 0.15) is 0 Å². The van der Waals surface area contributed by atoms with Gasteiger partial charge in [-0.3, -0.25) is 9.69 Å². The summed E-state index contributed by atoms with van der Waals surface area (Å²) in [5.74, 6) is -0.144. The number of amides is 1. The zero-order valence-electron chi connectivity index (χ0n) is 18.9. The third kappa shape index (κ3) is 5.53. The molecule has 1 heterocycles. The lowest BCUT2D eigenvalue weighted by Crippen LogP contribution is -2.48. The van der Waals surface area contributed by atoms with E-state index in [-0.39, 0.29) is 22.9 Å². The quantitative estimate of drug-likeness (QED) is 0.658. The first-order chi connectivity index (χ1) is 14.7. The van der Waals surface area contributed by atoms with Crippen LogP contribution >= 0.6 is 0 Å². The molecule has 1 saturated heterocycles. The first kappa shape index (κ1) is 23.4. The fraction of sp³-hybridized carbons (Fsp3) is 0.458. The monoisotopic (exact) mass is 443 g/mol. The van der Waals surface area contributed by atoms with E-state index in [1.807, 2.05) is 45.9 Å². The highest BCUT2D eigenvalue weighted by Gasteiger charge is 2.30. The maximum Gasteiger partial charge on any atom is 0.254 e. The zero-order valence-corrected chi connectivity index (χ0v) is 19.7. The van der Waals surface area contributed by atoms with Crippen molar-refractivity contribution in [3.8, 4) is 0 Å². The normalized spacial score (nSPS) is 16.1. The van der Waals surface area contributed by atoms with Crippen LogP contribution in [0.15, 0.2) is 59.5 Å². The summed E-state index contributed by atoms with van der Waals surface area (Å²) in [6, 6.07) is 16.7. The van der Waals surface area contributed by atoms with Gasteiger partial charge < -0.3 is 4.90 Å². The van der Waals surface area contributed by atoms with Crippen LogP contribution in [-0.2, 0) is 16.6 Å². The van der Waals surface area contributed by atoms with Crippen molar-refractivity contribution >= 4 is 15.9 Å². The van der Waals surface area contributed by atoms with Crippen LogP contribution < -0.4 is 0 Å². The van der Waals surface area contributed by atoms with Gasteiger partial charge in [0.05, 0.1) is 4.90 Å². The molecule has 1 fully saturated rings. The van der Waals surface area contributed by atoms with Gasteiger partial charge in [-0.05, 0) is 51.5 Å². The molecule has 0 unspecified atom stereocenters. The van der Waals surface area contributed by atoms with Crippen LogP contribution in [-0.4, -0.2) is 66.7 Å². The molecular formula is C24H33N3O3S. The fourth-order valence-corrected chi connectivity index (χ4v) is 5.59. The Kier molecular flexibility index (Phi) is 7.51. The Morgan fingerprint density at radius 3 is 2.10 bits per heavy atom. The predicted octanol–water partition coefficient (Wildman–Crippen LogP) is 3.45. The summed E-state index contributed by atoms with van der Waals surface area (Å²) in [6.07, 6.45) is 0. The number of carbonyl (C=O) groups is 1. The molecule has 6 nitrogen and oxygen atoms in total. The summed E-state index contributed by atoms with van der Waals surface area (Å²) in [4.78, 5) is 17.2. The highest BCUT2D eigenvalue weighted by Crippen LogP contribution is 2.21. The van der Waals surface area contributed by atoms with E-state index in [1.54, 1.807) is 23.1 Å². The molecule has 1 amide bonds. The van der Waals surface area contributed by atoms with Gasteiger partial charge in [-0.2, -0.15) is 4.31 Å². The van der Waals surface area contributed by atoms with E-state index in [0.717, 1.165) is 6.54 Å². The van der Waals surface area contributed by atoms with Crippen LogP contribution in [0.25, 0.3) is 0 Å². The second-order valence-corrected chi connectivity index (χ2v) is 10.5. The van der Waals surface area contributed by atoms with Gasteiger partial charge in [-0.1, -0.05) is 36.4 Å². The summed E-state index contributed by atoms with van der Waals surface area (Å²) in [5, 5.41) is 0. The van der Waals surface area contributed by atoms with Crippen molar-refractivity contribution in [2.24, 2.45) is 0 Å². The second kappa shape index (κ2) is 9.94. The smallest absolute Gasteiger partial charge is 0.254 e. The van der Waals surface area contributed by atoms with Crippen LogP contribution in [0.2, 0.25) is 0 Å². The number of piperazine rings is 1. The standard InChI is InChI=1S/C24H33N3O3S/c1-19(2)27(20(3)4)24(28)22-11-8-12-23(17-22)31(29,30)26-15-13-25(14-16-26)18-21-9-6-5-7-10-21/h5-12,17,19-20H,13-16,18H2,1-4H3. The van der Waals surface area contributed by atoms with Gasteiger partial charge in [-0.25, -0.2) is 8.42 Å². The maximum absolute atomic E-state index is 13.2. The average molecular weight is 444 g/mol. The van der Waals surface area contributed by atoms with Crippen LogP contribution in [0, 0.1) is 0 Å². The lowest BCUT2D eigenvalue weighted by atomic mass is 10.1.